The number of methoxy groups -OCH3 is 1. The van der Waals surface area contributed by atoms with E-state index in [1.165, 1.54) is 12.7 Å². The van der Waals surface area contributed by atoms with Crippen molar-refractivity contribution in [3.8, 4) is 0 Å². The summed E-state index contributed by atoms with van der Waals surface area (Å²) in [4.78, 5) is 23.8. The minimum Gasteiger partial charge on any atom is -0.467 e. The molecule has 5 nitrogen and oxygen atoms in total. The third-order valence-electron chi connectivity index (χ3n) is 3.79. The van der Waals surface area contributed by atoms with Crippen LogP contribution in [0.3, 0.4) is 0 Å². The molecule has 0 saturated heterocycles. The van der Waals surface area contributed by atoms with E-state index in [1.807, 2.05) is 38.1 Å². The minimum atomic E-state index is -0.648. The molecule has 0 aliphatic rings. The van der Waals surface area contributed by atoms with Crippen LogP contribution in [0.15, 0.2) is 24.3 Å². The van der Waals surface area contributed by atoms with Crippen molar-refractivity contribution in [1.82, 2.24) is 5.32 Å². The summed E-state index contributed by atoms with van der Waals surface area (Å²) in [5.74, 6) is 0.0122. The molecule has 0 aliphatic carbocycles. The molecule has 0 aromatic heterocycles. The standard InChI is InChI=1S/C17H26N2O3/c1-6-12(4)15(16(20)22-5)19-17(21)18-14-9-7-13(8-10-14)11(2)3/h7-12,15H,6H2,1-5H3,(H2,18,19,21). The summed E-state index contributed by atoms with van der Waals surface area (Å²) in [6, 6.07) is 6.61. The van der Waals surface area contributed by atoms with Gasteiger partial charge in [-0.3, -0.25) is 0 Å². The van der Waals surface area contributed by atoms with Crippen LogP contribution >= 0.6 is 0 Å². The average molecular weight is 306 g/mol. The summed E-state index contributed by atoms with van der Waals surface area (Å²) < 4.78 is 4.75. The number of urea groups is 1. The SMILES string of the molecule is CCC(C)C(NC(=O)Nc1ccc(C(C)C)cc1)C(=O)OC. The predicted octanol–water partition coefficient (Wildman–Crippen LogP) is 3.52. The molecule has 2 atom stereocenters. The van der Waals surface area contributed by atoms with E-state index < -0.39 is 18.0 Å². The Hall–Kier alpha value is -2.04. The van der Waals surface area contributed by atoms with Gasteiger partial charge >= 0.3 is 12.0 Å². The molecule has 0 aliphatic heterocycles. The maximum atomic E-state index is 12.1. The molecule has 0 saturated carbocycles. The zero-order chi connectivity index (χ0) is 16.7. The molecule has 122 valence electrons. The van der Waals surface area contributed by atoms with Crippen LogP contribution in [0.1, 0.15) is 45.6 Å². The van der Waals surface area contributed by atoms with Crippen molar-refractivity contribution in [2.24, 2.45) is 5.92 Å². The summed E-state index contributed by atoms with van der Waals surface area (Å²) in [5, 5.41) is 5.42. The molecular weight excluding hydrogens is 280 g/mol. The first kappa shape index (κ1) is 18.0. The summed E-state index contributed by atoms with van der Waals surface area (Å²) in [6.45, 7) is 8.09. The summed E-state index contributed by atoms with van der Waals surface area (Å²) >= 11 is 0. The Morgan fingerprint density at radius 1 is 1.14 bits per heavy atom. The molecule has 2 N–H and O–H groups in total. The number of rotatable bonds is 6. The molecule has 0 fully saturated rings. The zero-order valence-corrected chi connectivity index (χ0v) is 14.0. The fourth-order valence-electron chi connectivity index (χ4n) is 2.06. The van der Waals surface area contributed by atoms with Crippen LogP contribution in [-0.4, -0.2) is 25.2 Å². The lowest BCUT2D eigenvalue weighted by molar-refractivity contribution is -0.144. The fourth-order valence-corrected chi connectivity index (χ4v) is 2.06. The van der Waals surface area contributed by atoms with E-state index in [0.29, 0.717) is 11.6 Å². The second-order valence-electron chi connectivity index (χ2n) is 5.76. The van der Waals surface area contributed by atoms with Crippen molar-refractivity contribution in [3.05, 3.63) is 29.8 Å². The number of amides is 2. The Balaban J connectivity index is 2.68. The highest BCUT2D eigenvalue weighted by molar-refractivity contribution is 5.92. The number of carbonyl (C=O) groups excluding carboxylic acids is 2. The van der Waals surface area contributed by atoms with E-state index in [4.69, 9.17) is 4.74 Å². The highest BCUT2D eigenvalue weighted by atomic mass is 16.5. The maximum absolute atomic E-state index is 12.1. The second kappa shape index (κ2) is 8.41. The smallest absolute Gasteiger partial charge is 0.328 e. The van der Waals surface area contributed by atoms with Crippen LogP contribution in [0.5, 0.6) is 0 Å². The molecule has 22 heavy (non-hydrogen) atoms. The molecule has 0 spiro atoms. The van der Waals surface area contributed by atoms with Crippen molar-refractivity contribution in [2.75, 3.05) is 12.4 Å². The molecule has 2 amide bonds. The number of benzene rings is 1. The minimum absolute atomic E-state index is 0.00140. The van der Waals surface area contributed by atoms with Crippen LogP contribution in [0, 0.1) is 5.92 Å². The van der Waals surface area contributed by atoms with Crippen LogP contribution < -0.4 is 10.6 Å². The Kier molecular flexibility index (Phi) is 6.89. The van der Waals surface area contributed by atoms with E-state index in [1.54, 1.807) is 0 Å². The topological polar surface area (TPSA) is 67.4 Å². The van der Waals surface area contributed by atoms with Crippen molar-refractivity contribution in [2.45, 2.75) is 46.1 Å². The molecule has 1 rings (SSSR count). The summed E-state index contributed by atoms with van der Waals surface area (Å²) in [7, 11) is 1.32. The number of hydrogen-bond acceptors (Lipinski definition) is 3. The van der Waals surface area contributed by atoms with E-state index in [-0.39, 0.29) is 5.92 Å². The first-order valence-corrected chi connectivity index (χ1v) is 7.64. The van der Waals surface area contributed by atoms with Crippen LogP contribution in [0.4, 0.5) is 10.5 Å². The maximum Gasteiger partial charge on any atom is 0.328 e. The number of ether oxygens (including phenoxy) is 1. The van der Waals surface area contributed by atoms with Gasteiger partial charge in [-0.15, -0.1) is 0 Å². The third-order valence-corrected chi connectivity index (χ3v) is 3.79. The lowest BCUT2D eigenvalue weighted by Gasteiger charge is -2.22. The number of nitrogens with one attached hydrogen (secondary N) is 2. The van der Waals surface area contributed by atoms with Crippen LogP contribution in [0.2, 0.25) is 0 Å². The predicted molar refractivity (Wildman–Crippen MR) is 87.9 cm³/mol. The van der Waals surface area contributed by atoms with Gasteiger partial charge in [-0.1, -0.05) is 46.2 Å². The molecule has 0 heterocycles. The van der Waals surface area contributed by atoms with E-state index in [9.17, 15) is 9.59 Å². The van der Waals surface area contributed by atoms with Gasteiger partial charge in [0.15, 0.2) is 0 Å². The molecule has 5 heteroatoms. The molecule has 0 bridgehead atoms. The fraction of sp³-hybridized carbons (Fsp3) is 0.529. The Morgan fingerprint density at radius 3 is 2.18 bits per heavy atom. The lowest BCUT2D eigenvalue weighted by atomic mass is 9.99. The van der Waals surface area contributed by atoms with E-state index in [0.717, 1.165) is 6.42 Å². The van der Waals surface area contributed by atoms with Gasteiger partial charge in [0.2, 0.25) is 0 Å². The van der Waals surface area contributed by atoms with Crippen molar-refractivity contribution < 1.29 is 14.3 Å². The lowest BCUT2D eigenvalue weighted by Crippen LogP contribution is -2.47. The van der Waals surface area contributed by atoms with Gasteiger partial charge in [-0.2, -0.15) is 0 Å². The largest absolute Gasteiger partial charge is 0.467 e. The van der Waals surface area contributed by atoms with Crippen molar-refractivity contribution >= 4 is 17.7 Å². The Bertz CT molecular complexity index is 497. The molecular formula is C17H26N2O3. The van der Waals surface area contributed by atoms with Gasteiger partial charge in [-0.05, 0) is 29.5 Å². The normalized spacial score (nSPS) is 13.4. The summed E-state index contributed by atoms with van der Waals surface area (Å²) in [5.41, 5.74) is 1.90. The van der Waals surface area contributed by atoms with Gasteiger partial charge in [0.05, 0.1) is 7.11 Å². The van der Waals surface area contributed by atoms with Gasteiger partial charge < -0.3 is 15.4 Å². The van der Waals surface area contributed by atoms with Crippen molar-refractivity contribution in [3.63, 3.8) is 0 Å². The van der Waals surface area contributed by atoms with Gasteiger partial charge in [-0.25, -0.2) is 9.59 Å². The average Bonchev–Trinajstić information content (AvgIpc) is 2.51. The molecule has 1 aromatic carbocycles. The molecule has 0 radical (unpaired) electrons. The van der Waals surface area contributed by atoms with Crippen LogP contribution in [0.25, 0.3) is 0 Å². The highest BCUT2D eigenvalue weighted by Gasteiger charge is 2.26. The third kappa shape index (κ3) is 5.06. The Morgan fingerprint density at radius 2 is 1.73 bits per heavy atom. The molecule has 2 unspecified atom stereocenters. The van der Waals surface area contributed by atoms with Gasteiger partial charge in [0, 0.05) is 5.69 Å². The first-order valence-electron chi connectivity index (χ1n) is 7.64. The quantitative estimate of drug-likeness (QED) is 0.790. The van der Waals surface area contributed by atoms with Gasteiger partial charge in [0.1, 0.15) is 6.04 Å². The first-order chi connectivity index (χ1) is 10.4. The second-order valence-corrected chi connectivity index (χ2v) is 5.76. The number of carbonyl (C=O) groups is 2. The number of esters is 1. The summed E-state index contributed by atoms with van der Waals surface area (Å²) in [6.07, 6.45) is 0.767. The monoisotopic (exact) mass is 306 g/mol. The van der Waals surface area contributed by atoms with Crippen molar-refractivity contribution in [1.29, 1.82) is 0 Å². The Labute approximate surface area is 132 Å². The van der Waals surface area contributed by atoms with E-state index in [2.05, 4.69) is 24.5 Å². The zero-order valence-electron chi connectivity index (χ0n) is 14.0. The van der Waals surface area contributed by atoms with Crippen LogP contribution in [-0.2, 0) is 9.53 Å². The highest BCUT2D eigenvalue weighted by Crippen LogP contribution is 2.17. The number of anilines is 1. The number of hydrogen-bond donors (Lipinski definition) is 2. The van der Waals surface area contributed by atoms with Gasteiger partial charge in [0.25, 0.3) is 0 Å². The van der Waals surface area contributed by atoms with E-state index >= 15 is 0 Å². The molecule has 1 aromatic rings.